The van der Waals surface area contributed by atoms with Gasteiger partial charge in [0.1, 0.15) is 35.3 Å². The highest BCUT2D eigenvalue weighted by molar-refractivity contribution is 5.84. The van der Waals surface area contributed by atoms with Gasteiger partial charge in [0.15, 0.2) is 0 Å². The molecule has 38 heavy (non-hydrogen) atoms. The van der Waals surface area contributed by atoms with Crippen molar-refractivity contribution in [3.05, 3.63) is 87.8 Å². The van der Waals surface area contributed by atoms with E-state index in [1.807, 2.05) is 29.2 Å². The number of hydrogen-bond acceptors (Lipinski definition) is 7. The van der Waals surface area contributed by atoms with Crippen LogP contribution in [0.1, 0.15) is 16.9 Å². The van der Waals surface area contributed by atoms with E-state index in [4.69, 9.17) is 23.4 Å². The molecule has 0 unspecified atom stereocenters. The second-order valence-corrected chi connectivity index (χ2v) is 8.68. The van der Waals surface area contributed by atoms with Crippen LogP contribution in [0.5, 0.6) is 28.7 Å². The molecular weight excluding hydrogens is 503 g/mol. The number of fused-ring (bicyclic) bond motifs is 3. The summed E-state index contributed by atoms with van der Waals surface area (Å²) in [5.41, 5.74) is 0.239. The summed E-state index contributed by atoms with van der Waals surface area (Å²) >= 11 is 0. The third kappa shape index (κ3) is 4.99. The Bertz CT molecular complexity index is 1530. The fraction of sp³-hybridized carbons (Fsp3) is 0.250. The van der Waals surface area contributed by atoms with Gasteiger partial charge in [0, 0.05) is 19.2 Å². The molecule has 3 aromatic carbocycles. The Morgan fingerprint density at radius 1 is 0.974 bits per heavy atom. The predicted octanol–water partition coefficient (Wildman–Crippen LogP) is 6.02. The van der Waals surface area contributed by atoms with Gasteiger partial charge in [0.05, 0.1) is 25.2 Å². The van der Waals surface area contributed by atoms with Crippen molar-refractivity contribution in [3.63, 3.8) is 0 Å². The van der Waals surface area contributed by atoms with Crippen molar-refractivity contribution < 1.29 is 36.5 Å². The van der Waals surface area contributed by atoms with Crippen LogP contribution in [0.4, 0.5) is 13.2 Å². The highest BCUT2D eigenvalue weighted by atomic mass is 19.4. The van der Waals surface area contributed by atoms with Crippen LogP contribution in [0.2, 0.25) is 0 Å². The number of para-hydroxylation sites is 1. The largest absolute Gasteiger partial charge is 0.497 e. The monoisotopic (exact) mass is 527 g/mol. The van der Waals surface area contributed by atoms with E-state index in [9.17, 15) is 18.0 Å². The zero-order valence-corrected chi connectivity index (χ0v) is 20.6. The van der Waals surface area contributed by atoms with Crippen LogP contribution in [0.25, 0.3) is 11.0 Å². The molecule has 1 aromatic heterocycles. The number of hydrogen-bond donors (Lipinski definition) is 0. The normalized spacial score (nSPS) is 13.6. The Labute approximate surface area is 215 Å². The molecule has 0 saturated heterocycles. The Balaban J connectivity index is 1.51. The minimum absolute atomic E-state index is 0.00492. The standard InChI is InChI=1S/C28H24F3NO6/c1-34-18-7-5-8-19(14-18)37-26-24(33)20-10-11-23-21(25(20)38-27(26)28(29,30)31)15-32(16-36-23)13-12-17-6-3-4-9-22(17)35-2/h3-11,14H,12-13,15-16H2,1-2H3. The Hall–Kier alpha value is -4.18. The minimum atomic E-state index is -4.98. The average molecular weight is 527 g/mol. The first-order valence-electron chi connectivity index (χ1n) is 11.8. The summed E-state index contributed by atoms with van der Waals surface area (Å²) < 4.78 is 69.4. The number of alkyl halides is 3. The number of benzene rings is 3. The summed E-state index contributed by atoms with van der Waals surface area (Å²) in [5, 5.41) is -0.0372. The number of methoxy groups -OCH3 is 2. The van der Waals surface area contributed by atoms with Gasteiger partial charge in [-0.3, -0.25) is 9.69 Å². The number of ether oxygens (including phenoxy) is 4. The highest BCUT2D eigenvalue weighted by Gasteiger charge is 2.41. The molecule has 7 nitrogen and oxygen atoms in total. The van der Waals surface area contributed by atoms with Crippen molar-refractivity contribution in [1.29, 1.82) is 0 Å². The van der Waals surface area contributed by atoms with Gasteiger partial charge in [0.2, 0.25) is 11.2 Å². The third-order valence-electron chi connectivity index (χ3n) is 6.27. The molecular formula is C28H24F3NO6. The molecule has 0 spiro atoms. The van der Waals surface area contributed by atoms with Crippen LogP contribution in [-0.2, 0) is 19.1 Å². The maximum Gasteiger partial charge on any atom is 0.453 e. The van der Waals surface area contributed by atoms with Crippen molar-refractivity contribution in [1.82, 2.24) is 4.90 Å². The second-order valence-electron chi connectivity index (χ2n) is 8.68. The molecule has 2 heterocycles. The van der Waals surface area contributed by atoms with E-state index in [0.717, 1.165) is 11.3 Å². The van der Waals surface area contributed by atoms with Crippen LogP contribution < -0.4 is 24.4 Å². The summed E-state index contributed by atoms with van der Waals surface area (Å²) in [6.07, 6.45) is -4.35. The molecule has 0 fully saturated rings. The lowest BCUT2D eigenvalue weighted by Crippen LogP contribution is -2.34. The maximum absolute atomic E-state index is 14.1. The van der Waals surface area contributed by atoms with E-state index in [1.165, 1.54) is 31.4 Å². The van der Waals surface area contributed by atoms with Crippen molar-refractivity contribution >= 4 is 11.0 Å². The van der Waals surface area contributed by atoms with Gasteiger partial charge in [-0.05, 0) is 42.3 Å². The smallest absolute Gasteiger partial charge is 0.453 e. The molecule has 1 aliphatic heterocycles. The van der Waals surface area contributed by atoms with Gasteiger partial charge in [-0.15, -0.1) is 0 Å². The lowest BCUT2D eigenvalue weighted by atomic mass is 10.1. The third-order valence-corrected chi connectivity index (χ3v) is 6.27. The molecule has 4 aromatic rings. The lowest BCUT2D eigenvalue weighted by Gasteiger charge is -2.29. The predicted molar refractivity (Wildman–Crippen MR) is 133 cm³/mol. The fourth-order valence-corrected chi connectivity index (χ4v) is 4.39. The van der Waals surface area contributed by atoms with Crippen LogP contribution in [0.15, 0.2) is 69.9 Å². The Morgan fingerprint density at radius 2 is 1.76 bits per heavy atom. The summed E-state index contributed by atoms with van der Waals surface area (Å²) in [7, 11) is 3.01. The minimum Gasteiger partial charge on any atom is -0.497 e. The Kier molecular flexibility index (Phi) is 6.90. The topological polar surface area (TPSA) is 70.4 Å². The number of nitrogens with zero attached hydrogens (tertiary/aromatic N) is 1. The van der Waals surface area contributed by atoms with Gasteiger partial charge in [0.25, 0.3) is 5.76 Å². The van der Waals surface area contributed by atoms with E-state index in [1.54, 1.807) is 19.2 Å². The first-order chi connectivity index (χ1) is 18.3. The quantitative estimate of drug-likeness (QED) is 0.291. The average Bonchev–Trinajstić information content (AvgIpc) is 2.92. The molecule has 0 aliphatic carbocycles. The number of halogens is 3. The Morgan fingerprint density at radius 3 is 2.53 bits per heavy atom. The molecule has 198 valence electrons. The molecule has 1 aliphatic rings. The van der Waals surface area contributed by atoms with E-state index < -0.39 is 23.1 Å². The van der Waals surface area contributed by atoms with Crippen molar-refractivity contribution in [2.75, 3.05) is 27.5 Å². The van der Waals surface area contributed by atoms with E-state index in [0.29, 0.717) is 30.0 Å². The molecule has 0 atom stereocenters. The van der Waals surface area contributed by atoms with Crippen molar-refractivity contribution in [2.45, 2.75) is 19.1 Å². The van der Waals surface area contributed by atoms with Gasteiger partial charge in [-0.25, -0.2) is 0 Å². The molecule has 0 amide bonds. The summed E-state index contributed by atoms with van der Waals surface area (Å²) in [6.45, 7) is 1.02. The maximum atomic E-state index is 14.1. The van der Waals surface area contributed by atoms with Crippen LogP contribution >= 0.6 is 0 Å². The lowest BCUT2D eigenvalue weighted by molar-refractivity contribution is -0.154. The zero-order chi connectivity index (χ0) is 26.9. The SMILES string of the molecule is COc1cccc(Oc2c(C(F)(F)F)oc3c4c(ccc3c2=O)OCN(CCc2ccccc2OC)C4)c1. The highest BCUT2D eigenvalue weighted by Crippen LogP contribution is 2.41. The molecule has 0 bridgehead atoms. The molecule has 10 heteroatoms. The summed E-state index contributed by atoms with van der Waals surface area (Å²) in [5.74, 6) is -0.976. The van der Waals surface area contributed by atoms with E-state index >= 15 is 0 Å². The zero-order valence-electron chi connectivity index (χ0n) is 20.6. The first kappa shape index (κ1) is 25.5. The molecule has 5 rings (SSSR count). The summed E-state index contributed by atoms with van der Waals surface area (Å²) in [6, 6.07) is 16.5. The first-order valence-corrected chi connectivity index (χ1v) is 11.8. The van der Waals surface area contributed by atoms with Gasteiger partial charge < -0.3 is 23.4 Å². The number of rotatable bonds is 7. The second kappa shape index (κ2) is 10.3. The van der Waals surface area contributed by atoms with Gasteiger partial charge >= 0.3 is 6.18 Å². The molecule has 0 saturated carbocycles. The van der Waals surface area contributed by atoms with Crippen LogP contribution in [0.3, 0.4) is 0 Å². The van der Waals surface area contributed by atoms with E-state index in [-0.39, 0.29) is 30.0 Å². The summed E-state index contributed by atoms with van der Waals surface area (Å²) in [4.78, 5) is 15.2. The van der Waals surface area contributed by atoms with Gasteiger partial charge in [-0.1, -0.05) is 24.3 Å². The van der Waals surface area contributed by atoms with Crippen molar-refractivity contribution in [3.8, 4) is 28.7 Å². The molecule has 0 N–H and O–H groups in total. The molecule has 0 radical (unpaired) electrons. The van der Waals surface area contributed by atoms with Crippen molar-refractivity contribution in [2.24, 2.45) is 0 Å². The van der Waals surface area contributed by atoms with Crippen LogP contribution in [-0.4, -0.2) is 32.4 Å². The fourth-order valence-electron chi connectivity index (χ4n) is 4.39. The van der Waals surface area contributed by atoms with Crippen LogP contribution in [0, 0.1) is 0 Å². The van der Waals surface area contributed by atoms with E-state index in [2.05, 4.69) is 0 Å². The van der Waals surface area contributed by atoms with Gasteiger partial charge in [-0.2, -0.15) is 13.2 Å².